The van der Waals surface area contributed by atoms with Gasteiger partial charge in [-0.05, 0) is 50.8 Å². The maximum absolute atomic E-state index is 13.5. The maximum Gasteiger partial charge on any atom is 0.256 e. The summed E-state index contributed by atoms with van der Waals surface area (Å²) in [6, 6.07) is 7.23. The molecule has 4 heterocycles. The molecule has 33 heavy (non-hydrogen) atoms. The highest BCUT2D eigenvalue weighted by Gasteiger charge is 2.32. The first kappa shape index (κ1) is 22.0. The number of methoxy groups -OCH3 is 1. The Morgan fingerprint density at radius 2 is 2.06 bits per heavy atom. The molecule has 1 amide bonds. The van der Waals surface area contributed by atoms with E-state index >= 15 is 0 Å². The van der Waals surface area contributed by atoms with Crippen LogP contribution in [0, 0.1) is 6.92 Å². The van der Waals surface area contributed by atoms with Crippen LogP contribution in [0.2, 0.25) is 5.02 Å². The van der Waals surface area contributed by atoms with Crippen LogP contribution in [0.25, 0.3) is 5.65 Å². The highest BCUT2D eigenvalue weighted by atomic mass is 35.5. The minimum Gasteiger partial charge on any atom is -0.497 e. The Morgan fingerprint density at radius 1 is 1.21 bits per heavy atom. The first-order chi connectivity index (χ1) is 15.9. The van der Waals surface area contributed by atoms with E-state index in [1.54, 1.807) is 25.3 Å². The Kier molecular flexibility index (Phi) is 5.88. The molecule has 3 aromatic rings. The van der Waals surface area contributed by atoms with Crippen molar-refractivity contribution in [2.45, 2.75) is 44.7 Å². The van der Waals surface area contributed by atoms with Crippen LogP contribution in [-0.4, -0.2) is 58.2 Å². The largest absolute Gasteiger partial charge is 0.497 e. The van der Waals surface area contributed by atoms with E-state index in [1.165, 1.54) is 0 Å². The van der Waals surface area contributed by atoms with Crippen molar-refractivity contribution in [1.82, 2.24) is 19.5 Å². The zero-order chi connectivity index (χ0) is 23.1. The third kappa shape index (κ3) is 4.13. The monoisotopic (exact) mass is 468 g/mol. The van der Waals surface area contributed by atoms with Gasteiger partial charge in [-0.1, -0.05) is 11.6 Å². The van der Waals surface area contributed by atoms with E-state index in [-0.39, 0.29) is 18.0 Å². The summed E-state index contributed by atoms with van der Waals surface area (Å²) in [7, 11) is 1.58. The molecule has 8 nitrogen and oxygen atoms in total. The smallest absolute Gasteiger partial charge is 0.256 e. The summed E-state index contributed by atoms with van der Waals surface area (Å²) in [6.45, 7) is 4.44. The number of nitrogens with zero attached hydrogens (tertiary/aromatic N) is 5. The van der Waals surface area contributed by atoms with Crippen molar-refractivity contribution in [3.8, 4) is 5.75 Å². The van der Waals surface area contributed by atoms with Gasteiger partial charge in [0.2, 0.25) is 0 Å². The summed E-state index contributed by atoms with van der Waals surface area (Å²) in [5, 5.41) is 5.24. The molecule has 0 unspecified atom stereocenters. The van der Waals surface area contributed by atoms with E-state index < -0.39 is 0 Å². The molecule has 0 spiro atoms. The molecule has 2 fully saturated rings. The lowest BCUT2D eigenvalue weighted by atomic mass is 9.98. The SMILES string of the molecule is COc1ccc(Cl)c(C(=O)N2CCCC[C@H]2c2cc3nc(N4CC[C@H](N)C4)c(C)cn3n2)c1. The predicted octanol–water partition coefficient (Wildman–Crippen LogP) is 3.60. The number of ether oxygens (including phenoxy) is 1. The van der Waals surface area contributed by atoms with Gasteiger partial charge < -0.3 is 20.3 Å². The molecule has 2 saturated heterocycles. The summed E-state index contributed by atoms with van der Waals surface area (Å²) in [6.07, 6.45) is 5.83. The van der Waals surface area contributed by atoms with Gasteiger partial charge in [0.1, 0.15) is 11.6 Å². The number of piperidine rings is 1. The second-order valence-corrected chi connectivity index (χ2v) is 9.38. The number of aryl methyl sites for hydroxylation is 1. The summed E-state index contributed by atoms with van der Waals surface area (Å²) in [4.78, 5) is 22.6. The molecule has 2 aliphatic rings. The molecule has 2 aromatic heterocycles. The maximum atomic E-state index is 13.5. The van der Waals surface area contributed by atoms with Gasteiger partial charge >= 0.3 is 0 Å². The topological polar surface area (TPSA) is 89.0 Å². The summed E-state index contributed by atoms with van der Waals surface area (Å²) < 4.78 is 7.12. The highest BCUT2D eigenvalue weighted by Crippen LogP contribution is 2.34. The van der Waals surface area contributed by atoms with Crippen molar-refractivity contribution < 1.29 is 9.53 Å². The lowest BCUT2D eigenvalue weighted by molar-refractivity contribution is 0.0605. The van der Waals surface area contributed by atoms with E-state index in [0.29, 0.717) is 22.9 Å². The van der Waals surface area contributed by atoms with Gasteiger partial charge in [0.05, 0.1) is 29.4 Å². The van der Waals surface area contributed by atoms with Crippen LogP contribution >= 0.6 is 11.6 Å². The van der Waals surface area contributed by atoms with Crippen LogP contribution < -0.4 is 15.4 Å². The van der Waals surface area contributed by atoms with Gasteiger partial charge in [0, 0.05) is 43.5 Å². The second-order valence-electron chi connectivity index (χ2n) is 8.97. The first-order valence-corrected chi connectivity index (χ1v) is 11.8. The molecule has 9 heteroatoms. The molecule has 0 radical (unpaired) electrons. The minimum absolute atomic E-state index is 0.100. The molecule has 2 atom stereocenters. The van der Waals surface area contributed by atoms with Crippen LogP contribution in [0.3, 0.4) is 0 Å². The molecule has 0 aliphatic carbocycles. The molecular formula is C24H29ClN6O2. The molecule has 174 valence electrons. The number of benzene rings is 1. The first-order valence-electron chi connectivity index (χ1n) is 11.5. The number of carbonyl (C=O) groups excluding carboxylic acids is 1. The highest BCUT2D eigenvalue weighted by molar-refractivity contribution is 6.33. The van der Waals surface area contributed by atoms with Crippen LogP contribution in [0.5, 0.6) is 5.75 Å². The number of halogens is 1. The summed E-state index contributed by atoms with van der Waals surface area (Å²) in [5.74, 6) is 1.47. The summed E-state index contributed by atoms with van der Waals surface area (Å²) in [5.41, 5.74) is 9.25. The fourth-order valence-corrected chi connectivity index (χ4v) is 5.11. The average molecular weight is 469 g/mol. The number of nitrogens with two attached hydrogens (primary N) is 1. The van der Waals surface area contributed by atoms with E-state index in [1.807, 2.05) is 28.6 Å². The molecule has 2 N–H and O–H groups in total. The Balaban J connectivity index is 1.48. The van der Waals surface area contributed by atoms with Gasteiger partial charge in [0.25, 0.3) is 5.91 Å². The third-order valence-corrected chi connectivity index (χ3v) is 6.99. The van der Waals surface area contributed by atoms with Crippen LogP contribution in [0.1, 0.15) is 53.3 Å². The van der Waals surface area contributed by atoms with Crippen molar-refractivity contribution in [3.63, 3.8) is 0 Å². The number of amides is 1. The van der Waals surface area contributed by atoms with Crippen molar-refractivity contribution in [3.05, 3.63) is 52.3 Å². The molecule has 0 bridgehead atoms. The quantitative estimate of drug-likeness (QED) is 0.629. The van der Waals surface area contributed by atoms with Gasteiger partial charge in [-0.25, -0.2) is 9.50 Å². The zero-order valence-corrected chi connectivity index (χ0v) is 19.8. The lowest BCUT2D eigenvalue weighted by Gasteiger charge is -2.35. The van der Waals surface area contributed by atoms with Gasteiger partial charge in [0.15, 0.2) is 5.65 Å². The molecule has 1 aromatic carbocycles. The fraction of sp³-hybridized carbons (Fsp3) is 0.458. The Hall–Kier alpha value is -2.84. The number of hydrogen-bond donors (Lipinski definition) is 1. The number of likely N-dealkylation sites (tertiary alicyclic amines) is 1. The number of rotatable bonds is 4. The van der Waals surface area contributed by atoms with Crippen LogP contribution in [-0.2, 0) is 0 Å². The van der Waals surface area contributed by atoms with Crippen LogP contribution in [0.4, 0.5) is 5.82 Å². The van der Waals surface area contributed by atoms with Crippen molar-refractivity contribution in [2.24, 2.45) is 5.73 Å². The van der Waals surface area contributed by atoms with E-state index in [9.17, 15) is 4.79 Å². The number of hydrogen-bond acceptors (Lipinski definition) is 6. The standard InChI is InChI=1S/C24H29ClN6O2/c1-15-13-31-22(27-23(15)29-10-8-16(26)14-29)12-20(28-31)21-5-3-4-9-30(21)24(32)18-11-17(33-2)6-7-19(18)25/h6-7,11-13,16,21H,3-5,8-10,14,26H2,1-2H3/t16-,21-/m0/s1. The normalized spacial score (nSPS) is 21.1. The van der Waals surface area contributed by atoms with Gasteiger partial charge in [-0.3, -0.25) is 4.79 Å². The van der Waals surface area contributed by atoms with Gasteiger partial charge in [-0.15, -0.1) is 0 Å². The number of aromatic nitrogens is 3. The number of carbonyl (C=O) groups is 1. The molecule has 0 saturated carbocycles. The number of fused-ring (bicyclic) bond motifs is 1. The Labute approximate surface area is 198 Å². The Morgan fingerprint density at radius 3 is 2.82 bits per heavy atom. The minimum atomic E-state index is -0.126. The second kappa shape index (κ2) is 8.83. The lowest BCUT2D eigenvalue weighted by Crippen LogP contribution is -2.38. The molecule has 2 aliphatic heterocycles. The van der Waals surface area contributed by atoms with Crippen molar-refractivity contribution >= 4 is 29.0 Å². The van der Waals surface area contributed by atoms with Crippen LogP contribution in [0.15, 0.2) is 30.5 Å². The van der Waals surface area contributed by atoms with Crippen molar-refractivity contribution in [1.29, 1.82) is 0 Å². The fourth-order valence-electron chi connectivity index (χ4n) is 4.91. The average Bonchev–Trinajstić information content (AvgIpc) is 3.44. The van der Waals surface area contributed by atoms with E-state index in [0.717, 1.165) is 61.5 Å². The third-order valence-electron chi connectivity index (χ3n) is 6.66. The molecular weight excluding hydrogens is 440 g/mol. The molecule has 5 rings (SSSR count). The van der Waals surface area contributed by atoms with E-state index in [4.69, 9.17) is 32.2 Å². The zero-order valence-electron chi connectivity index (χ0n) is 19.0. The van der Waals surface area contributed by atoms with E-state index in [2.05, 4.69) is 4.90 Å². The van der Waals surface area contributed by atoms with Crippen molar-refractivity contribution in [2.75, 3.05) is 31.6 Å². The Bertz CT molecular complexity index is 1200. The van der Waals surface area contributed by atoms with Gasteiger partial charge in [-0.2, -0.15) is 5.10 Å². The summed E-state index contributed by atoms with van der Waals surface area (Å²) >= 11 is 6.39. The number of anilines is 1. The predicted molar refractivity (Wildman–Crippen MR) is 128 cm³/mol.